The van der Waals surface area contributed by atoms with Crippen LogP contribution in [-0.4, -0.2) is 61.3 Å². The average molecular weight is 706 g/mol. The topological polar surface area (TPSA) is 118 Å². The molecule has 11 heteroatoms. The van der Waals surface area contributed by atoms with Crippen LogP contribution in [0.5, 0.6) is 5.75 Å². The van der Waals surface area contributed by atoms with Crippen molar-refractivity contribution in [3.63, 3.8) is 0 Å². The van der Waals surface area contributed by atoms with E-state index in [1.807, 2.05) is 31.2 Å². The first-order chi connectivity index (χ1) is 20.1. The van der Waals surface area contributed by atoms with Gasteiger partial charge in [-0.3, -0.25) is 9.78 Å². The van der Waals surface area contributed by atoms with E-state index >= 15 is 0 Å². The number of halogens is 1. The fraction of sp³-hybridized carbons (Fsp3) is 0.419. The summed E-state index contributed by atoms with van der Waals surface area (Å²) in [6.45, 7) is 9.54. The Kier molecular flexibility index (Phi) is 11.2. The van der Waals surface area contributed by atoms with Gasteiger partial charge in [-0.2, -0.15) is 4.31 Å². The van der Waals surface area contributed by atoms with Gasteiger partial charge in [-0.1, -0.05) is 19.9 Å². The predicted molar refractivity (Wildman–Crippen MR) is 175 cm³/mol. The Labute approximate surface area is 263 Å². The van der Waals surface area contributed by atoms with Gasteiger partial charge in [0.05, 0.1) is 17.9 Å². The van der Waals surface area contributed by atoms with Crippen molar-refractivity contribution in [2.24, 2.45) is 11.7 Å². The second-order valence-electron chi connectivity index (χ2n) is 10.6. The molecular formula is C31H40IN5O4S. The number of aryl methyl sites for hydroxylation is 1. The quantitative estimate of drug-likeness (QED) is 0.188. The van der Waals surface area contributed by atoms with E-state index in [4.69, 9.17) is 10.5 Å². The maximum absolute atomic E-state index is 14.5. The predicted octanol–water partition coefficient (Wildman–Crippen LogP) is 5.55. The molecule has 42 heavy (non-hydrogen) atoms. The maximum Gasteiger partial charge on any atom is 0.250 e. The number of nitrogens with zero attached hydrogens (tertiary/aromatic N) is 3. The number of nitrogens with two attached hydrogens (primary N) is 1. The molecule has 4 rings (SSSR count). The summed E-state index contributed by atoms with van der Waals surface area (Å²) in [5.74, 6) is -0.199. The molecule has 2 aromatic carbocycles. The van der Waals surface area contributed by atoms with Crippen molar-refractivity contribution in [2.75, 3.05) is 38.1 Å². The van der Waals surface area contributed by atoms with Gasteiger partial charge in [0.25, 0.3) is 5.91 Å². The van der Waals surface area contributed by atoms with E-state index < -0.39 is 15.9 Å². The van der Waals surface area contributed by atoms with Crippen molar-refractivity contribution in [1.29, 1.82) is 0 Å². The number of sulfonamides is 1. The number of carbonyl (C=O) groups is 1. The number of anilines is 2. The molecule has 0 bridgehead atoms. The highest BCUT2D eigenvalue weighted by Gasteiger charge is 2.33. The van der Waals surface area contributed by atoms with Crippen LogP contribution in [-0.2, 0) is 16.6 Å². The van der Waals surface area contributed by atoms with Gasteiger partial charge in [0.2, 0.25) is 10.0 Å². The van der Waals surface area contributed by atoms with E-state index in [1.54, 1.807) is 18.5 Å². The minimum absolute atomic E-state index is 0.00513. The summed E-state index contributed by atoms with van der Waals surface area (Å²) in [6, 6.07) is 12.4. The normalized spacial score (nSPS) is 13.5. The minimum Gasteiger partial charge on any atom is -0.490 e. The lowest BCUT2D eigenvalue weighted by molar-refractivity contribution is 0.100. The highest BCUT2D eigenvalue weighted by atomic mass is 127. The highest BCUT2D eigenvalue weighted by molar-refractivity contribution is 14.1. The first-order valence-electron chi connectivity index (χ1n) is 14.4. The van der Waals surface area contributed by atoms with Gasteiger partial charge < -0.3 is 20.7 Å². The van der Waals surface area contributed by atoms with Gasteiger partial charge in [0.1, 0.15) is 4.90 Å². The molecule has 0 spiro atoms. The van der Waals surface area contributed by atoms with E-state index in [-0.39, 0.29) is 28.4 Å². The van der Waals surface area contributed by atoms with Crippen LogP contribution in [0.15, 0.2) is 59.8 Å². The Morgan fingerprint density at radius 2 is 1.90 bits per heavy atom. The zero-order valence-electron chi connectivity index (χ0n) is 24.5. The third-order valence-corrected chi connectivity index (χ3v) is 10.0. The van der Waals surface area contributed by atoms with Crippen molar-refractivity contribution in [3.8, 4) is 5.75 Å². The second-order valence-corrected chi connectivity index (χ2v) is 13.8. The van der Waals surface area contributed by atoms with E-state index in [1.165, 1.54) is 16.4 Å². The SMILES string of the molecule is CCN(CC)CCCN(Cc1cccnc1)S(=O)(=O)c1ccc(C(N)=O)c(Nc2ccc(I)cc2C)c1OCC1CC1. The number of ether oxygens (including phenoxy) is 1. The number of nitrogens with one attached hydrogen (secondary N) is 1. The first kappa shape index (κ1) is 32.2. The fourth-order valence-electron chi connectivity index (χ4n) is 4.76. The molecule has 226 valence electrons. The average Bonchev–Trinajstić information content (AvgIpc) is 3.80. The molecule has 0 unspecified atom stereocenters. The Morgan fingerprint density at radius 1 is 1.14 bits per heavy atom. The first-order valence-corrected chi connectivity index (χ1v) is 16.9. The molecule has 0 atom stereocenters. The lowest BCUT2D eigenvalue weighted by Gasteiger charge is -2.27. The Balaban J connectivity index is 1.80. The third kappa shape index (κ3) is 8.21. The van der Waals surface area contributed by atoms with Gasteiger partial charge in [0, 0.05) is 34.7 Å². The van der Waals surface area contributed by atoms with Crippen molar-refractivity contribution in [1.82, 2.24) is 14.2 Å². The van der Waals surface area contributed by atoms with Crippen LogP contribution in [0.25, 0.3) is 0 Å². The molecule has 1 saturated carbocycles. The standard InChI is InChI=1S/C31H40IN5O4S/c1-4-36(5-2)16-7-17-37(20-24-8-6-15-34-19-24)42(39,40)28-14-12-26(31(33)38)29(30(28)41-21-23-9-10-23)35-27-13-11-25(32)18-22(27)3/h6,8,11-15,18-19,23,35H,4-5,7,9-10,16-17,20-21H2,1-3H3,(H2,33,38). The van der Waals surface area contributed by atoms with E-state index in [0.29, 0.717) is 25.5 Å². The lowest BCUT2D eigenvalue weighted by atomic mass is 10.1. The molecule has 3 N–H and O–H groups in total. The number of hydrogen-bond donors (Lipinski definition) is 2. The largest absolute Gasteiger partial charge is 0.490 e. The van der Waals surface area contributed by atoms with Crippen molar-refractivity contribution < 1.29 is 17.9 Å². The van der Waals surface area contributed by atoms with Crippen molar-refractivity contribution >= 4 is 49.9 Å². The van der Waals surface area contributed by atoms with Gasteiger partial charge >= 0.3 is 0 Å². The molecule has 1 heterocycles. The molecule has 1 aliphatic rings. The smallest absolute Gasteiger partial charge is 0.250 e. The van der Waals surface area contributed by atoms with Crippen LogP contribution in [0.4, 0.5) is 11.4 Å². The number of primary amides is 1. The number of amides is 1. The number of benzene rings is 2. The molecular weight excluding hydrogens is 665 g/mol. The summed E-state index contributed by atoms with van der Waals surface area (Å²) in [7, 11) is -4.07. The zero-order valence-corrected chi connectivity index (χ0v) is 27.4. The van der Waals surface area contributed by atoms with Gasteiger partial charge in [-0.25, -0.2) is 8.42 Å². The molecule has 0 saturated heterocycles. The number of carbonyl (C=O) groups excluding carboxylic acids is 1. The third-order valence-electron chi connectivity index (χ3n) is 7.47. The monoisotopic (exact) mass is 705 g/mol. The van der Waals surface area contributed by atoms with Gasteiger partial charge in [0.15, 0.2) is 5.75 Å². The molecule has 3 aromatic rings. The lowest BCUT2D eigenvalue weighted by Crippen LogP contribution is -2.34. The van der Waals surface area contributed by atoms with Gasteiger partial charge in [-0.05, 0) is 122 Å². The van der Waals surface area contributed by atoms with Crippen LogP contribution < -0.4 is 15.8 Å². The van der Waals surface area contributed by atoms with Crippen molar-refractivity contribution in [3.05, 3.63) is 75.1 Å². The molecule has 1 aromatic heterocycles. The summed E-state index contributed by atoms with van der Waals surface area (Å²) in [5.41, 5.74) is 8.68. The zero-order chi connectivity index (χ0) is 30.3. The van der Waals surface area contributed by atoms with Gasteiger partial charge in [-0.15, -0.1) is 0 Å². The molecule has 0 radical (unpaired) electrons. The summed E-state index contributed by atoms with van der Waals surface area (Å²) in [6.07, 6.45) is 6.05. The van der Waals surface area contributed by atoms with Crippen LogP contribution in [0.1, 0.15) is 54.6 Å². The van der Waals surface area contributed by atoms with E-state index in [9.17, 15) is 13.2 Å². The van der Waals surface area contributed by atoms with E-state index in [0.717, 1.165) is 52.9 Å². The van der Waals surface area contributed by atoms with E-state index in [2.05, 4.69) is 51.6 Å². The molecule has 1 aliphatic carbocycles. The molecule has 1 fully saturated rings. The fourth-order valence-corrected chi connectivity index (χ4v) is 7.01. The molecule has 1 amide bonds. The minimum atomic E-state index is -4.07. The molecule has 0 aliphatic heterocycles. The number of pyridine rings is 1. The summed E-state index contributed by atoms with van der Waals surface area (Å²) in [5, 5.41) is 3.31. The van der Waals surface area contributed by atoms with Crippen LogP contribution in [0.2, 0.25) is 0 Å². The number of aromatic nitrogens is 1. The van der Waals surface area contributed by atoms with Crippen molar-refractivity contribution in [2.45, 2.75) is 51.5 Å². The van der Waals surface area contributed by atoms with Crippen LogP contribution >= 0.6 is 22.6 Å². The van der Waals surface area contributed by atoms with Crippen LogP contribution in [0, 0.1) is 16.4 Å². The Morgan fingerprint density at radius 3 is 2.52 bits per heavy atom. The van der Waals surface area contributed by atoms with Crippen LogP contribution in [0.3, 0.4) is 0 Å². The number of hydrogen-bond acceptors (Lipinski definition) is 7. The summed E-state index contributed by atoms with van der Waals surface area (Å²) < 4.78 is 37.8. The Hall–Kier alpha value is -2.74. The number of rotatable bonds is 16. The highest BCUT2D eigenvalue weighted by Crippen LogP contribution is 2.41. The summed E-state index contributed by atoms with van der Waals surface area (Å²) >= 11 is 2.24. The second kappa shape index (κ2) is 14.6. The summed E-state index contributed by atoms with van der Waals surface area (Å²) in [4.78, 5) is 19.1. The Bertz CT molecular complexity index is 1480. The maximum atomic E-state index is 14.5. The molecule has 9 nitrogen and oxygen atoms in total.